The van der Waals surface area contributed by atoms with Crippen LogP contribution in [0.25, 0.3) is 0 Å². The molecule has 1 N–H and O–H groups in total. The molecule has 0 spiro atoms. The van der Waals surface area contributed by atoms with Crippen LogP contribution in [-0.2, 0) is 0 Å². The van der Waals surface area contributed by atoms with Crippen molar-refractivity contribution in [2.75, 3.05) is 11.6 Å². The summed E-state index contributed by atoms with van der Waals surface area (Å²) in [5.74, 6) is -0.190. The molecule has 3 nitrogen and oxygen atoms in total. The van der Waals surface area contributed by atoms with Crippen LogP contribution >= 0.6 is 11.8 Å². The topological polar surface area (TPSA) is 38.3 Å². The molecule has 0 saturated heterocycles. The van der Waals surface area contributed by atoms with Gasteiger partial charge in [0.15, 0.2) is 0 Å². The molecular weight excluding hydrogens is 308 g/mol. The largest absolute Gasteiger partial charge is 0.435 e. The zero-order chi connectivity index (χ0) is 16.1. The predicted molar refractivity (Wildman–Crippen MR) is 84.0 cm³/mol. The van der Waals surface area contributed by atoms with E-state index in [0.29, 0.717) is 11.3 Å². The molecule has 0 aliphatic carbocycles. The highest BCUT2D eigenvalue weighted by molar-refractivity contribution is 7.98. The van der Waals surface area contributed by atoms with E-state index in [-0.39, 0.29) is 11.7 Å². The van der Waals surface area contributed by atoms with Gasteiger partial charge in [0.1, 0.15) is 5.75 Å². The molecule has 0 fully saturated rings. The molecule has 2 aromatic rings. The number of amides is 1. The van der Waals surface area contributed by atoms with Crippen LogP contribution in [0.3, 0.4) is 0 Å². The van der Waals surface area contributed by atoms with Crippen LogP contribution in [0.2, 0.25) is 0 Å². The minimum atomic E-state index is -2.86. The minimum absolute atomic E-state index is 0.0496. The summed E-state index contributed by atoms with van der Waals surface area (Å²) < 4.78 is 28.4. The molecule has 0 aromatic heterocycles. The van der Waals surface area contributed by atoms with Crippen molar-refractivity contribution in [3.8, 4) is 5.75 Å². The summed E-state index contributed by atoms with van der Waals surface area (Å²) in [4.78, 5) is 13.3. The van der Waals surface area contributed by atoms with Crippen LogP contribution in [-0.4, -0.2) is 18.8 Å². The van der Waals surface area contributed by atoms with E-state index >= 15 is 0 Å². The highest BCUT2D eigenvalue weighted by Gasteiger charge is 2.11. The van der Waals surface area contributed by atoms with Crippen molar-refractivity contribution in [3.63, 3.8) is 0 Å². The summed E-state index contributed by atoms with van der Waals surface area (Å²) >= 11 is 1.56. The second-order valence-electron chi connectivity index (χ2n) is 4.54. The average molecular weight is 323 g/mol. The molecule has 22 heavy (non-hydrogen) atoms. The van der Waals surface area contributed by atoms with Crippen LogP contribution < -0.4 is 10.1 Å². The Hall–Kier alpha value is -2.08. The summed E-state index contributed by atoms with van der Waals surface area (Å²) in [5.41, 5.74) is 1.97. The van der Waals surface area contributed by atoms with Crippen molar-refractivity contribution in [2.45, 2.75) is 18.4 Å². The SMILES string of the molecule is CSc1ccc(C)c(C(=O)Nc2ccc(OC(F)F)cc2)c1. The molecule has 6 heteroatoms. The fourth-order valence-electron chi connectivity index (χ4n) is 1.89. The minimum Gasteiger partial charge on any atom is -0.435 e. The number of hydrogen-bond acceptors (Lipinski definition) is 3. The second-order valence-corrected chi connectivity index (χ2v) is 5.42. The summed E-state index contributed by atoms with van der Waals surface area (Å²) in [5, 5.41) is 2.74. The van der Waals surface area contributed by atoms with Crippen LogP contribution in [0.5, 0.6) is 5.75 Å². The van der Waals surface area contributed by atoms with E-state index in [1.54, 1.807) is 11.8 Å². The van der Waals surface area contributed by atoms with Gasteiger partial charge in [0.05, 0.1) is 0 Å². The van der Waals surface area contributed by atoms with Crippen molar-refractivity contribution in [1.82, 2.24) is 0 Å². The summed E-state index contributed by atoms with van der Waals surface area (Å²) in [6.07, 6.45) is 1.94. The zero-order valence-electron chi connectivity index (χ0n) is 12.1. The van der Waals surface area contributed by atoms with Crippen LogP contribution in [0, 0.1) is 6.92 Å². The first-order valence-corrected chi connectivity index (χ1v) is 7.73. The fourth-order valence-corrected chi connectivity index (χ4v) is 2.33. The number of carbonyl (C=O) groups excluding carboxylic acids is 1. The maximum absolute atomic E-state index is 12.3. The van der Waals surface area contributed by atoms with E-state index in [2.05, 4.69) is 10.1 Å². The Morgan fingerprint density at radius 2 is 1.86 bits per heavy atom. The normalized spacial score (nSPS) is 10.6. The molecule has 1 amide bonds. The molecule has 2 aromatic carbocycles. The Labute approximate surface area is 131 Å². The lowest BCUT2D eigenvalue weighted by Crippen LogP contribution is -2.13. The van der Waals surface area contributed by atoms with E-state index in [0.717, 1.165) is 10.5 Å². The van der Waals surface area contributed by atoms with E-state index < -0.39 is 6.61 Å². The molecule has 116 valence electrons. The first-order valence-electron chi connectivity index (χ1n) is 6.50. The highest BCUT2D eigenvalue weighted by Crippen LogP contribution is 2.21. The number of carbonyl (C=O) groups is 1. The third-order valence-electron chi connectivity index (χ3n) is 3.03. The number of aryl methyl sites for hydroxylation is 1. The van der Waals surface area contributed by atoms with Gasteiger partial charge in [-0.3, -0.25) is 4.79 Å². The molecule has 2 rings (SSSR count). The van der Waals surface area contributed by atoms with Gasteiger partial charge in [0, 0.05) is 16.1 Å². The number of thioether (sulfide) groups is 1. The predicted octanol–water partition coefficient (Wildman–Crippen LogP) is 4.57. The number of nitrogens with one attached hydrogen (secondary N) is 1. The molecule has 0 saturated carbocycles. The molecule has 0 aliphatic heterocycles. The van der Waals surface area contributed by atoms with Gasteiger partial charge in [-0.15, -0.1) is 11.8 Å². The molecule has 0 heterocycles. The number of ether oxygens (including phenoxy) is 1. The Balaban J connectivity index is 2.11. The average Bonchev–Trinajstić information content (AvgIpc) is 2.49. The molecule has 0 atom stereocenters. The Kier molecular flexibility index (Phi) is 5.38. The van der Waals surface area contributed by atoms with E-state index in [1.165, 1.54) is 24.3 Å². The number of benzene rings is 2. The van der Waals surface area contributed by atoms with Gasteiger partial charge in [0.25, 0.3) is 5.91 Å². The monoisotopic (exact) mass is 323 g/mol. The molecular formula is C16H15F2NO2S. The lowest BCUT2D eigenvalue weighted by atomic mass is 10.1. The van der Waals surface area contributed by atoms with Crippen LogP contribution in [0.4, 0.5) is 14.5 Å². The van der Waals surface area contributed by atoms with Crippen molar-refractivity contribution >= 4 is 23.4 Å². The van der Waals surface area contributed by atoms with Gasteiger partial charge in [-0.1, -0.05) is 6.07 Å². The van der Waals surface area contributed by atoms with Crippen LogP contribution in [0.15, 0.2) is 47.4 Å². The molecule has 0 unspecified atom stereocenters. The van der Waals surface area contributed by atoms with Gasteiger partial charge in [-0.05, 0) is 55.1 Å². The van der Waals surface area contributed by atoms with Crippen molar-refractivity contribution in [3.05, 3.63) is 53.6 Å². The summed E-state index contributed by atoms with van der Waals surface area (Å²) in [6.45, 7) is -1.00. The van der Waals surface area contributed by atoms with Gasteiger partial charge < -0.3 is 10.1 Å². The number of anilines is 1. The fraction of sp³-hybridized carbons (Fsp3) is 0.188. The first kappa shape index (κ1) is 16.3. The third-order valence-corrected chi connectivity index (χ3v) is 3.75. The number of alkyl halides is 2. The number of hydrogen-bond donors (Lipinski definition) is 1. The lowest BCUT2D eigenvalue weighted by Gasteiger charge is -2.10. The van der Waals surface area contributed by atoms with Crippen LogP contribution in [0.1, 0.15) is 15.9 Å². The van der Waals surface area contributed by atoms with Gasteiger partial charge in [-0.25, -0.2) is 0 Å². The summed E-state index contributed by atoms with van der Waals surface area (Å²) in [6, 6.07) is 11.5. The smallest absolute Gasteiger partial charge is 0.387 e. The third kappa shape index (κ3) is 4.21. The Morgan fingerprint density at radius 1 is 1.18 bits per heavy atom. The second kappa shape index (κ2) is 7.26. The molecule has 0 bridgehead atoms. The Bertz CT molecular complexity index is 660. The number of rotatable bonds is 5. The maximum atomic E-state index is 12.3. The summed E-state index contributed by atoms with van der Waals surface area (Å²) in [7, 11) is 0. The van der Waals surface area contributed by atoms with Crippen molar-refractivity contribution in [1.29, 1.82) is 0 Å². The van der Waals surface area contributed by atoms with E-state index in [4.69, 9.17) is 0 Å². The van der Waals surface area contributed by atoms with Gasteiger partial charge >= 0.3 is 6.61 Å². The standard InChI is InChI=1S/C16H15F2NO2S/c1-10-3-8-13(22-2)9-14(10)15(20)19-11-4-6-12(7-5-11)21-16(17)18/h3-9,16H,1-2H3,(H,19,20). The zero-order valence-corrected chi connectivity index (χ0v) is 12.9. The quantitative estimate of drug-likeness (QED) is 0.819. The van der Waals surface area contributed by atoms with Crippen molar-refractivity contribution < 1.29 is 18.3 Å². The van der Waals surface area contributed by atoms with E-state index in [9.17, 15) is 13.6 Å². The molecule has 0 aliphatic rings. The van der Waals surface area contributed by atoms with Gasteiger partial charge in [-0.2, -0.15) is 8.78 Å². The number of halogens is 2. The highest BCUT2D eigenvalue weighted by atomic mass is 32.2. The van der Waals surface area contributed by atoms with Crippen molar-refractivity contribution in [2.24, 2.45) is 0 Å². The lowest BCUT2D eigenvalue weighted by molar-refractivity contribution is -0.0498. The van der Waals surface area contributed by atoms with Gasteiger partial charge in [0.2, 0.25) is 0 Å². The Morgan fingerprint density at radius 3 is 2.45 bits per heavy atom. The molecule has 0 radical (unpaired) electrons. The first-order chi connectivity index (χ1) is 10.5. The van der Waals surface area contributed by atoms with E-state index in [1.807, 2.05) is 31.4 Å². The maximum Gasteiger partial charge on any atom is 0.387 e.